The van der Waals surface area contributed by atoms with E-state index < -0.39 is 0 Å². The quantitative estimate of drug-likeness (QED) is 0.398. The molecule has 150 valence electrons. The maximum atomic E-state index is 11.8. The van der Waals surface area contributed by atoms with Crippen LogP contribution in [-0.4, -0.2) is 24.5 Å². The van der Waals surface area contributed by atoms with Gasteiger partial charge in [-0.3, -0.25) is 9.78 Å². The van der Waals surface area contributed by atoms with Crippen LogP contribution >= 0.6 is 0 Å². The van der Waals surface area contributed by atoms with Crippen LogP contribution in [0.1, 0.15) is 61.4 Å². The highest BCUT2D eigenvalue weighted by atomic mass is 16.1. The smallest absolute Gasteiger partial charge is 0.251 e. The van der Waals surface area contributed by atoms with Crippen LogP contribution in [0.5, 0.6) is 0 Å². The summed E-state index contributed by atoms with van der Waals surface area (Å²) in [5.74, 6) is -0.0865. The molecule has 4 heteroatoms. The monoisotopic (exact) mass is 379 g/mol. The predicted molar refractivity (Wildman–Crippen MR) is 117 cm³/mol. The van der Waals surface area contributed by atoms with Crippen molar-refractivity contribution in [2.45, 2.75) is 52.0 Å². The van der Waals surface area contributed by atoms with Crippen LogP contribution in [-0.2, 0) is 6.54 Å². The van der Waals surface area contributed by atoms with Gasteiger partial charge in [0.25, 0.3) is 5.91 Å². The number of amides is 1. The van der Waals surface area contributed by atoms with Crippen LogP contribution in [0.2, 0.25) is 0 Å². The van der Waals surface area contributed by atoms with Crippen molar-refractivity contribution in [3.05, 3.63) is 65.9 Å². The minimum Gasteiger partial charge on any atom is -0.355 e. The Bertz CT molecular complexity index is 753. The van der Waals surface area contributed by atoms with Crippen molar-refractivity contribution in [3.63, 3.8) is 0 Å². The number of allylic oxidation sites excluding steroid dienone is 1. The van der Waals surface area contributed by atoms with E-state index in [9.17, 15) is 4.79 Å². The van der Waals surface area contributed by atoms with Gasteiger partial charge in [-0.05, 0) is 62.4 Å². The number of hydrogen-bond donors (Lipinski definition) is 2. The number of carbonyl (C=O) groups is 1. The van der Waals surface area contributed by atoms with Gasteiger partial charge in [0.1, 0.15) is 0 Å². The molecule has 1 heterocycles. The lowest BCUT2D eigenvalue weighted by molar-refractivity contribution is 0.0963. The number of aromatic nitrogens is 1. The fourth-order valence-corrected chi connectivity index (χ4v) is 3.07. The van der Waals surface area contributed by atoms with Gasteiger partial charge >= 0.3 is 0 Å². The molecule has 1 aromatic carbocycles. The molecule has 0 aliphatic rings. The first-order valence-corrected chi connectivity index (χ1v) is 10.3. The fraction of sp³-hybridized carbons (Fsp3) is 0.417. The Labute approximate surface area is 169 Å². The number of carbonyl (C=O) groups excluding carboxylic acids is 1. The van der Waals surface area contributed by atoms with Crippen molar-refractivity contribution in [2.75, 3.05) is 13.6 Å². The van der Waals surface area contributed by atoms with Crippen LogP contribution in [0.25, 0.3) is 11.3 Å². The second-order valence-electron chi connectivity index (χ2n) is 7.20. The first-order valence-electron chi connectivity index (χ1n) is 10.3. The minimum atomic E-state index is -0.0865. The van der Waals surface area contributed by atoms with Gasteiger partial charge in [0.05, 0.1) is 5.69 Å². The molecule has 0 saturated heterocycles. The summed E-state index contributed by atoms with van der Waals surface area (Å²) in [7, 11) is 1.64. The summed E-state index contributed by atoms with van der Waals surface area (Å²) >= 11 is 0. The SMILES string of the molecule is C=C(CCCC)CCCCNCc1ccc(-c2cccc(C(=O)NC)c2)nc1. The zero-order valence-electron chi connectivity index (χ0n) is 17.3. The second-order valence-corrected chi connectivity index (χ2v) is 7.20. The topological polar surface area (TPSA) is 54.0 Å². The Morgan fingerprint density at radius 3 is 2.64 bits per heavy atom. The zero-order chi connectivity index (χ0) is 20.2. The van der Waals surface area contributed by atoms with Gasteiger partial charge in [-0.25, -0.2) is 0 Å². The molecule has 0 radical (unpaired) electrons. The lowest BCUT2D eigenvalue weighted by Crippen LogP contribution is -2.17. The van der Waals surface area contributed by atoms with Crippen LogP contribution in [0, 0.1) is 0 Å². The molecule has 0 bridgehead atoms. The molecule has 0 aliphatic carbocycles. The molecule has 2 rings (SSSR count). The normalized spacial score (nSPS) is 10.6. The minimum absolute atomic E-state index is 0.0865. The van der Waals surface area contributed by atoms with Crippen LogP contribution < -0.4 is 10.6 Å². The third-order valence-electron chi connectivity index (χ3n) is 4.82. The van der Waals surface area contributed by atoms with Gasteiger partial charge in [0.15, 0.2) is 0 Å². The van der Waals surface area contributed by atoms with E-state index in [1.165, 1.54) is 43.2 Å². The lowest BCUT2D eigenvalue weighted by atomic mass is 10.0. The van der Waals surface area contributed by atoms with Gasteiger partial charge in [-0.15, -0.1) is 0 Å². The molecule has 4 nitrogen and oxygen atoms in total. The number of rotatable bonds is 12. The molecule has 0 aliphatic heterocycles. The van der Waals surface area contributed by atoms with Gasteiger partial charge in [0, 0.05) is 30.9 Å². The molecule has 28 heavy (non-hydrogen) atoms. The van der Waals surface area contributed by atoms with Crippen molar-refractivity contribution < 1.29 is 4.79 Å². The largest absolute Gasteiger partial charge is 0.355 e. The van der Waals surface area contributed by atoms with Crippen LogP contribution in [0.3, 0.4) is 0 Å². The summed E-state index contributed by atoms with van der Waals surface area (Å²) in [6, 6.07) is 11.6. The lowest BCUT2D eigenvalue weighted by Gasteiger charge is -2.08. The first-order chi connectivity index (χ1) is 13.6. The fourth-order valence-electron chi connectivity index (χ4n) is 3.07. The Balaban J connectivity index is 1.74. The number of pyridine rings is 1. The predicted octanol–water partition coefficient (Wildman–Crippen LogP) is 5.11. The number of hydrogen-bond acceptors (Lipinski definition) is 3. The number of unbranched alkanes of at least 4 members (excludes halogenated alkanes) is 2. The van der Waals surface area contributed by atoms with Crippen molar-refractivity contribution in [1.82, 2.24) is 15.6 Å². The van der Waals surface area contributed by atoms with Crippen molar-refractivity contribution in [2.24, 2.45) is 0 Å². The molecule has 2 N–H and O–H groups in total. The van der Waals surface area contributed by atoms with Crippen molar-refractivity contribution in [3.8, 4) is 11.3 Å². The molecule has 1 amide bonds. The molecule has 0 spiro atoms. The third-order valence-corrected chi connectivity index (χ3v) is 4.82. The Morgan fingerprint density at radius 1 is 1.11 bits per heavy atom. The van der Waals surface area contributed by atoms with E-state index in [0.29, 0.717) is 5.56 Å². The molecule has 0 saturated carbocycles. The van der Waals surface area contributed by atoms with E-state index in [1.54, 1.807) is 13.1 Å². The molecule has 0 fully saturated rings. The van der Waals surface area contributed by atoms with Gasteiger partial charge in [-0.2, -0.15) is 0 Å². The molecular formula is C24H33N3O. The van der Waals surface area contributed by atoms with Crippen LogP contribution in [0.15, 0.2) is 54.7 Å². The Kier molecular flexibility index (Phi) is 9.43. The Morgan fingerprint density at radius 2 is 1.93 bits per heavy atom. The summed E-state index contributed by atoms with van der Waals surface area (Å²) in [6.07, 6.45) is 9.10. The van der Waals surface area contributed by atoms with Crippen molar-refractivity contribution in [1.29, 1.82) is 0 Å². The highest BCUT2D eigenvalue weighted by molar-refractivity contribution is 5.95. The Hall–Kier alpha value is -2.46. The summed E-state index contributed by atoms with van der Waals surface area (Å²) < 4.78 is 0. The first kappa shape index (κ1) is 21.8. The van der Waals surface area contributed by atoms with E-state index in [2.05, 4.69) is 35.2 Å². The second kappa shape index (κ2) is 12.1. The molecule has 1 aromatic heterocycles. The highest BCUT2D eigenvalue weighted by Crippen LogP contribution is 2.18. The highest BCUT2D eigenvalue weighted by Gasteiger charge is 2.06. The number of nitrogens with zero attached hydrogens (tertiary/aromatic N) is 1. The van der Waals surface area contributed by atoms with E-state index in [-0.39, 0.29) is 5.91 Å². The average Bonchev–Trinajstić information content (AvgIpc) is 2.74. The van der Waals surface area contributed by atoms with Crippen molar-refractivity contribution >= 4 is 5.91 Å². The molecule has 0 unspecified atom stereocenters. The molecular weight excluding hydrogens is 346 g/mol. The average molecular weight is 380 g/mol. The van der Waals surface area contributed by atoms with E-state index in [1.807, 2.05) is 30.5 Å². The molecule has 2 aromatic rings. The van der Waals surface area contributed by atoms with E-state index in [0.717, 1.165) is 30.8 Å². The summed E-state index contributed by atoms with van der Waals surface area (Å²) in [5.41, 5.74) is 5.02. The zero-order valence-corrected chi connectivity index (χ0v) is 17.3. The summed E-state index contributed by atoms with van der Waals surface area (Å²) in [6.45, 7) is 8.22. The standard InChI is InChI=1S/C24H33N3O/c1-4-5-9-19(2)10-6-7-15-26-17-20-13-14-23(27-18-20)21-11-8-12-22(16-21)24(28)25-3/h8,11-14,16,18,26H,2,4-7,9-10,15,17H2,1,3H3,(H,25,28). The van der Waals surface area contributed by atoms with Gasteiger partial charge in [-0.1, -0.05) is 43.7 Å². The van der Waals surface area contributed by atoms with E-state index >= 15 is 0 Å². The maximum Gasteiger partial charge on any atom is 0.251 e. The third kappa shape index (κ3) is 7.28. The number of benzene rings is 1. The summed E-state index contributed by atoms with van der Waals surface area (Å²) in [5, 5.41) is 6.14. The molecule has 0 atom stereocenters. The van der Waals surface area contributed by atoms with Crippen LogP contribution in [0.4, 0.5) is 0 Å². The summed E-state index contributed by atoms with van der Waals surface area (Å²) in [4.78, 5) is 16.3. The number of nitrogens with one attached hydrogen (secondary N) is 2. The van der Waals surface area contributed by atoms with E-state index in [4.69, 9.17) is 0 Å². The van der Waals surface area contributed by atoms with Gasteiger partial charge in [0.2, 0.25) is 0 Å². The maximum absolute atomic E-state index is 11.8. The van der Waals surface area contributed by atoms with Gasteiger partial charge < -0.3 is 10.6 Å².